The lowest BCUT2D eigenvalue weighted by molar-refractivity contribution is -0.190. The van der Waals surface area contributed by atoms with Crippen LogP contribution in [0.5, 0.6) is 0 Å². The van der Waals surface area contributed by atoms with Crippen molar-refractivity contribution in [3.05, 3.63) is 35.4 Å². The van der Waals surface area contributed by atoms with Crippen molar-refractivity contribution in [3.63, 3.8) is 0 Å². The normalized spacial score (nSPS) is 27.8. The van der Waals surface area contributed by atoms with Gasteiger partial charge in [0.2, 0.25) is 0 Å². The molecule has 0 saturated heterocycles. The van der Waals surface area contributed by atoms with Gasteiger partial charge in [0, 0.05) is 5.92 Å². The van der Waals surface area contributed by atoms with Crippen LogP contribution < -0.4 is 0 Å². The third-order valence-electron chi connectivity index (χ3n) is 6.81. The number of rotatable bonds is 4. The second kappa shape index (κ2) is 6.96. The van der Waals surface area contributed by atoms with Gasteiger partial charge >= 0.3 is 11.9 Å². The van der Waals surface area contributed by atoms with Crippen LogP contribution in [0, 0.1) is 16.7 Å². The standard InChI is InChI=1S/C23H32O4/c1-6-26-19(24)23(20(25)27-7-2)15-16-11-8-9-12-17(16)22(5)14-10-13-21(3,4)18(22)23/h8-9,11-12,18H,6-7,10,13-15H2,1-5H3/t18-,22-/m0/s1. The van der Waals surface area contributed by atoms with E-state index < -0.39 is 17.4 Å². The average Bonchev–Trinajstić information content (AvgIpc) is 2.60. The molecule has 148 valence electrons. The summed E-state index contributed by atoms with van der Waals surface area (Å²) >= 11 is 0. The van der Waals surface area contributed by atoms with Crippen molar-refractivity contribution in [1.29, 1.82) is 0 Å². The molecular formula is C23H32O4. The van der Waals surface area contributed by atoms with Crippen molar-refractivity contribution in [2.45, 2.75) is 65.7 Å². The maximum Gasteiger partial charge on any atom is 0.324 e. The summed E-state index contributed by atoms with van der Waals surface area (Å²) in [6, 6.07) is 8.26. The Hall–Kier alpha value is -1.84. The summed E-state index contributed by atoms with van der Waals surface area (Å²) in [6.07, 6.45) is 3.37. The number of esters is 2. The molecule has 4 heteroatoms. The molecule has 0 radical (unpaired) electrons. The van der Waals surface area contributed by atoms with E-state index in [1.165, 1.54) is 5.56 Å². The lowest BCUT2D eigenvalue weighted by atomic mass is 9.42. The molecule has 1 aromatic rings. The first kappa shape index (κ1) is 19.9. The van der Waals surface area contributed by atoms with Crippen LogP contribution in [0.3, 0.4) is 0 Å². The van der Waals surface area contributed by atoms with E-state index in [2.05, 4.69) is 32.9 Å². The average molecular weight is 373 g/mol. The predicted octanol–water partition coefficient (Wildman–Crippen LogP) is 4.44. The molecule has 2 aliphatic carbocycles. The zero-order chi connectivity index (χ0) is 19.9. The lowest BCUT2D eigenvalue weighted by Crippen LogP contribution is -2.64. The van der Waals surface area contributed by atoms with Gasteiger partial charge in [0.25, 0.3) is 0 Å². The third-order valence-corrected chi connectivity index (χ3v) is 6.81. The number of hydrogen-bond donors (Lipinski definition) is 0. The van der Waals surface area contributed by atoms with Crippen molar-refractivity contribution >= 4 is 11.9 Å². The number of fused-ring (bicyclic) bond motifs is 3. The minimum atomic E-state index is -1.29. The highest BCUT2D eigenvalue weighted by molar-refractivity contribution is 6.01. The van der Waals surface area contributed by atoms with Crippen molar-refractivity contribution in [2.24, 2.45) is 16.7 Å². The number of ether oxygens (including phenoxy) is 2. The predicted molar refractivity (Wildman–Crippen MR) is 104 cm³/mol. The molecule has 1 saturated carbocycles. The van der Waals surface area contributed by atoms with Gasteiger partial charge in [-0.3, -0.25) is 9.59 Å². The molecule has 1 fully saturated rings. The second-order valence-electron chi connectivity index (χ2n) is 8.94. The maximum atomic E-state index is 13.4. The molecule has 0 aromatic heterocycles. The molecule has 3 rings (SSSR count). The second-order valence-corrected chi connectivity index (χ2v) is 8.94. The van der Waals surface area contributed by atoms with Crippen molar-refractivity contribution in [2.75, 3.05) is 13.2 Å². The zero-order valence-electron chi connectivity index (χ0n) is 17.3. The molecule has 0 N–H and O–H groups in total. The Morgan fingerprint density at radius 2 is 1.59 bits per heavy atom. The van der Waals surface area contributed by atoms with Crippen LogP contribution in [0.4, 0.5) is 0 Å². The van der Waals surface area contributed by atoms with Crippen molar-refractivity contribution in [3.8, 4) is 0 Å². The van der Waals surface area contributed by atoms with Crippen LogP contribution in [-0.2, 0) is 30.9 Å². The summed E-state index contributed by atoms with van der Waals surface area (Å²) in [4.78, 5) is 26.8. The Morgan fingerprint density at radius 1 is 1.00 bits per heavy atom. The largest absolute Gasteiger partial charge is 0.465 e. The van der Waals surface area contributed by atoms with E-state index in [1.54, 1.807) is 13.8 Å². The lowest BCUT2D eigenvalue weighted by Gasteiger charge is -2.60. The van der Waals surface area contributed by atoms with Gasteiger partial charge in [0.15, 0.2) is 5.41 Å². The van der Waals surface area contributed by atoms with Crippen LogP contribution in [0.1, 0.15) is 65.0 Å². The summed E-state index contributed by atoms with van der Waals surface area (Å²) in [5.74, 6) is -1.02. The monoisotopic (exact) mass is 372 g/mol. The molecule has 0 spiro atoms. The van der Waals surface area contributed by atoms with Crippen LogP contribution in [0.2, 0.25) is 0 Å². The first-order valence-corrected chi connectivity index (χ1v) is 10.2. The van der Waals surface area contributed by atoms with E-state index in [9.17, 15) is 9.59 Å². The molecule has 2 aliphatic rings. The van der Waals surface area contributed by atoms with Crippen LogP contribution in [-0.4, -0.2) is 25.2 Å². The van der Waals surface area contributed by atoms with Crippen molar-refractivity contribution < 1.29 is 19.1 Å². The summed E-state index contributed by atoms with van der Waals surface area (Å²) in [5.41, 5.74) is 0.594. The Kier molecular flexibility index (Phi) is 5.13. The Morgan fingerprint density at radius 3 is 2.19 bits per heavy atom. The summed E-state index contributed by atoms with van der Waals surface area (Å²) in [7, 11) is 0. The quantitative estimate of drug-likeness (QED) is 0.579. The first-order valence-electron chi connectivity index (χ1n) is 10.2. The fourth-order valence-corrected chi connectivity index (χ4v) is 6.18. The molecule has 27 heavy (non-hydrogen) atoms. The molecule has 4 nitrogen and oxygen atoms in total. The van der Waals surface area contributed by atoms with Crippen LogP contribution in [0.15, 0.2) is 24.3 Å². The minimum absolute atomic E-state index is 0.167. The third kappa shape index (κ3) is 2.88. The molecule has 0 aliphatic heterocycles. The fourth-order valence-electron chi connectivity index (χ4n) is 6.18. The van der Waals surface area contributed by atoms with E-state index >= 15 is 0 Å². The van der Waals surface area contributed by atoms with E-state index in [4.69, 9.17) is 9.47 Å². The van der Waals surface area contributed by atoms with Crippen LogP contribution >= 0.6 is 0 Å². The number of carbonyl (C=O) groups is 2. The van der Waals surface area contributed by atoms with E-state index in [0.29, 0.717) is 6.42 Å². The topological polar surface area (TPSA) is 52.6 Å². The van der Waals surface area contributed by atoms with Gasteiger partial charge in [-0.1, -0.05) is 51.5 Å². The SMILES string of the molecule is CCOC(=O)C1(C(=O)OCC)Cc2ccccc2[C@]2(C)CCCC(C)(C)[C@H]12. The molecular weight excluding hydrogens is 340 g/mol. The smallest absolute Gasteiger partial charge is 0.324 e. The molecule has 0 heterocycles. The summed E-state index contributed by atoms with van der Waals surface area (Å²) in [6.45, 7) is 10.7. The highest BCUT2D eigenvalue weighted by Gasteiger charge is 2.68. The van der Waals surface area contributed by atoms with Gasteiger partial charge < -0.3 is 9.47 Å². The molecule has 0 bridgehead atoms. The molecule has 2 atom stereocenters. The summed E-state index contributed by atoms with van der Waals surface area (Å²) in [5, 5.41) is 0. The van der Waals surface area contributed by atoms with Gasteiger partial charge in [0.1, 0.15) is 0 Å². The van der Waals surface area contributed by atoms with E-state index in [0.717, 1.165) is 24.8 Å². The van der Waals surface area contributed by atoms with Gasteiger partial charge in [-0.05, 0) is 55.1 Å². The Labute approximate surface area is 162 Å². The maximum absolute atomic E-state index is 13.4. The molecule has 1 aromatic carbocycles. The number of benzene rings is 1. The van der Waals surface area contributed by atoms with Gasteiger partial charge in [-0.15, -0.1) is 0 Å². The van der Waals surface area contributed by atoms with Gasteiger partial charge in [-0.2, -0.15) is 0 Å². The van der Waals surface area contributed by atoms with Crippen molar-refractivity contribution in [1.82, 2.24) is 0 Å². The fraction of sp³-hybridized carbons (Fsp3) is 0.652. The zero-order valence-corrected chi connectivity index (χ0v) is 17.3. The summed E-state index contributed by atoms with van der Waals surface area (Å²) < 4.78 is 11.0. The van der Waals surface area contributed by atoms with E-state index in [1.807, 2.05) is 12.1 Å². The van der Waals surface area contributed by atoms with Gasteiger partial charge in [0.05, 0.1) is 13.2 Å². The highest BCUT2D eigenvalue weighted by atomic mass is 16.6. The molecule has 0 amide bonds. The van der Waals surface area contributed by atoms with E-state index in [-0.39, 0.29) is 30.0 Å². The van der Waals surface area contributed by atoms with Crippen LogP contribution in [0.25, 0.3) is 0 Å². The number of hydrogen-bond acceptors (Lipinski definition) is 4. The first-order chi connectivity index (χ1) is 12.7. The Bertz CT molecular complexity index is 718. The molecule has 0 unspecified atom stereocenters. The highest BCUT2D eigenvalue weighted by Crippen LogP contribution is 2.63. The Balaban J connectivity index is 2.31. The van der Waals surface area contributed by atoms with Gasteiger partial charge in [-0.25, -0.2) is 0 Å². The number of carbonyl (C=O) groups excluding carboxylic acids is 2. The minimum Gasteiger partial charge on any atom is -0.465 e.